The molecule has 0 saturated carbocycles. The number of hydrogen-bond acceptors (Lipinski definition) is 3. The third kappa shape index (κ3) is 4.72. The van der Waals surface area contributed by atoms with Gasteiger partial charge >= 0.3 is 5.97 Å². The number of aliphatic carboxylic acids is 1. The largest absolute Gasteiger partial charge is 0.480 e. The molecular formula is C16H17NO3S. The number of carbonyl (C=O) groups excluding carboxylic acids is 1. The van der Waals surface area contributed by atoms with Crippen LogP contribution in [0.15, 0.2) is 42.5 Å². The van der Waals surface area contributed by atoms with Gasteiger partial charge in [-0.25, -0.2) is 4.79 Å². The quantitative estimate of drug-likeness (QED) is 0.861. The van der Waals surface area contributed by atoms with Crippen LogP contribution in [0, 0.1) is 6.92 Å². The Bertz CT molecular complexity index is 621. The highest BCUT2D eigenvalue weighted by molar-refractivity contribution is 7.12. The van der Waals surface area contributed by atoms with Crippen molar-refractivity contribution >= 4 is 23.2 Å². The van der Waals surface area contributed by atoms with Crippen molar-refractivity contribution in [3.05, 3.63) is 57.8 Å². The lowest BCUT2D eigenvalue weighted by molar-refractivity contribution is -0.141. The molecule has 0 radical (unpaired) electrons. The zero-order chi connectivity index (χ0) is 15.2. The number of rotatable bonds is 6. The van der Waals surface area contributed by atoms with E-state index < -0.39 is 12.0 Å². The smallest absolute Gasteiger partial charge is 0.326 e. The Balaban J connectivity index is 1.96. The fourth-order valence-corrected chi connectivity index (χ4v) is 2.92. The summed E-state index contributed by atoms with van der Waals surface area (Å²) in [6.45, 7) is 1.97. The normalized spacial score (nSPS) is 11.9. The molecule has 0 spiro atoms. The average molecular weight is 303 g/mol. The highest BCUT2D eigenvalue weighted by Crippen LogP contribution is 2.15. The van der Waals surface area contributed by atoms with Gasteiger partial charge in [0, 0.05) is 16.2 Å². The van der Waals surface area contributed by atoms with E-state index in [-0.39, 0.29) is 18.7 Å². The van der Waals surface area contributed by atoms with Gasteiger partial charge < -0.3 is 10.4 Å². The molecule has 0 saturated heterocycles. The van der Waals surface area contributed by atoms with Crippen molar-refractivity contribution in [1.29, 1.82) is 0 Å². The minimum atomic E-state index is -1.02. The Kier molecular flexibility index (Phi) is 5.11. The lowest BCUT2D eigenvalue weighted by atomic mass is 10.1. The van der Waals surface area contributed by atoms with Crippen LogP contribution in [0.1, 0.15) is 15.3 Å². The minimum absolute atomic E-state index is 0.219. The molecule has 0 aliphatic carbocycles. The molecule has 0 unspecified atom stereocenters. The van der Waals surface area contributed by atoms with Crippen LogP contribution in [0.5, 0.6) is 0 Å². The summed E-state index contributed by atoms with van der Waals surface area (Å²) in [6, 6.07) is 12.2. The molecule has 5 heteroatoms. The van der Waals surface area contributed by atoms with Gasteiger partial charge in [-0.1, -0.05) is 30.3 Å². The molecule has 1 amide bonds. The van der Waals surface area contributed by atoms with Gasteiger partial charge in [0.05, 0.1) is 6.42 Å². The molecule has 2 rings (SSSR count). The maximum atomic E-state index is 12.0. The number of amides is 1. The summed E-state index contributed by atoms with van der Waals surface area (Å²) in [5.74, 6) is -1.28. The zero-order valence-corrected chi connectivity index (χ0v) is 12.5. The standard InChI is InChI=1S/C16H17NO3S/c1-11-7-8-13(21-11)10-15(18)17-14(16(19)20)9-12-5-3-2-4-6-12/h2-8,14H,9-10H2,1H3,(H,17,18)(H,19,20)/t14-/m0/s1. The van der Waals surface area contributed by atoms with Crippen LogP contribution in [0.4, 0.5) is 0 Å². The van der Waals surface area contributed by atoms with Crippen LogP contribution in [-0.4, -0.2) is 23.0 Å². The van der Waals surface area contributed by atoms with Crippen molar-refractivity contribution < 1.29 is 14.7 Å². The summed E-state index contributed by atoms with van der Waals surface area (Å²) in [5.41, 5.74) is 0.886. The van der Waals surface area contributed by atoms with Crippen LogP contribution in [0.3, 0.4) is 0 Å². The first-order valence-corrected chi connectivity index (χ1v) is 7.47. The number of carboxylic acids is 1. The van der Waals surface area contributed by atoms with Gasteiger partial charge in [0.2, 0.25) is 5.91 Å². The maximum Gasteiger partial charge on any atom is 0.326 e. The predicted molar refractivity (Wildman–Crippen MR) is 82.5 cm³/mol. The van der Waals surface area contributed by atoms with E-state index in [0.717, 1.165) is 15.3 Å². The van der Waals surface area contributed by atoms with Gasteiger partial charge in [-0.3, -0.25) is 4.79 Å². The molecule has 1 aromatic carbocycles. The minimum Gasteiger partial charge on any atom is -0.480 e. The fraction of sp³-hybridized carbons (Fsp3) is 0.250. The predicted octanol–water partition coefficient (Wildman–Crippen LogP) is 2.41. The Morgan fingerprint density at radius 3 is 2.48 bits per heavy atom. The molecule has 21 heavy (non-hydrogen) atoms. The van der Waals surface area contributed by atoms with Crippen molar-refractivity contribution in [1.82, 2.24) is 5.32 Å². The number of benzene rings is 1. The van der Waals surface area contributed by atoms with Gasteiger partial charge in [0.15, 0.2) is 0 Å². The molecule has 110 valence electrons. The molecule has 0 fully saturated rings. The summed E-state index contributed by atoms with van der Waals surface area (Å²) < 4.78 is 0. The van der Waals surface area contributed by atoms with Crippen molar-refractivity contribution in [2.24, 2.45) is 0 Å². The number of nitrogens with one attached hydrogen (secondary N) is 1. The molecule has 0 bridgehead atoms. The summed E-state index contributed by atoms with van der Waals surface area (Å²) in [6.07, 6.45) is 0.502. The van der Waals surface area contributed by atoms with Crippen LogP contribution < -0.4 is 5.32 Å². The Morgan fingerprint density at radius 1 is 1.19 bits per heavy atom. The van der Waals surface area contributed by atoms with Crippen molar-refractivity contribution in [3.8, 4) is 0 Å². The summed E-state index contributed by atoms with van der Waals surface area (Å²) in [5, 5.41) is 11.8. The lowest BCUT2D eigenvalue weighted by Crippen LogP contribution is -2.42. The van der Waals surface area contributed by atoms with E-state index in [9.17, 15) is 14.7 Å². The van der Waals surface area contributed by atoms with Crippen molar-refractivity contribution in [2.45, 2.75) is 25.8 Å². The second kappa shape index (κ2) is 7.04. The molecule has 0 aliphatic rings. The molecule has 2 aromatic rings. The van der Waals surface area contributed by atoms with Crippen LogP contribution >= 0.6 is 11.3 Å². The average Bonchev–Trinajstić information content (AvgIpc) is 2.84. The Hall–Kier alpha value is -2.14. The number of carboxylic acid groups (broad SMARTS) is 1. The van der Waals surface area contributed by atoms with Crippen molar-refractivity contribution in [3.63, 3.8) is 0 Å². The highest BCUT2D eigenvalue weighted by Gasteiger charge is 2.20. The molecule has 0 aliphatic heterocycles. The SMILES string of the molecule is Cc1ccc(CC(=O)N[C@@H](Cc2ccccc2)C(=O)O)s1. The summed E-state index contributed by atoms with van der Waals surface area (Å²) in [7, 11) is 0. The van der Waals surface area contributed by atoms with E-state index >= 15 is 0 Å². The van der Waals surface area contributed by atoms with Gasteiger partial charge in [-0.05, 0) is 24.6 Å². The van der Waals surface area contributed by atoms with E-state index in [0.29, 0.717) is 0 Å². The van der Waals surface area contributed by atoms with Gasteiger partial charge in [-0.15, -0.1) is 11.3 Å². The molecule has 1 atom stereocenters. The molecule has 1 aromatic heterocycles. The van der Waals surface area contributed by atoms with Crippen LogP contribution in [0.2, 0.25) is 0 Å². The van der Waals surface area contributed by atoms with E-state index in [1.807, 2.05) is 49.4 Å². The molecule has 2 N–H and O–H groups in total. The number of hydrogen-bond donors (Lipinski definition) is 2. The first kappa shape index (κ1) is 15.3. The van der Waals surface area contributed by atoms with Crippen molar-refractivity contribution in [2.75, 3.05) is 0 Å². The van der Waals surface area contributed by atoms with E-state index in [2.05, 4.69) is 5.32 Å². The summed E-state index contributed by atoms with van der Waals surface area (Å²) >= 11 is 1.55. The lowest BCUT2D eigenvalue weighted by Gasteiger charge is -2.14. The highest BCUT2D eigenvalue weighted by atomic mass is 32.1. The van der Waals surface area contributed by atoms with E-state index in [4.69, 9.17) is 0 Å². The maximum absolute atomic E-state index is 12.0. The Labute approximate surface area is 127 Å². The van der Waals surface area contributed by atoms with E-state index in [1.54, 1.807) is 11.3 Å². The topological polar surface area (TPSA) is 66.4 Å². The Morgan fingerprint density at radius 2 is 1.90 bits per heavy atom. The molecular weight excluding hydrogens is 286 g/mol. The van der Waals surface area contributed by atoms with Gasteiger partial charge in [0.1, 0.15) is 6.04 Å². The van der Waals surface area contributed by atoms with E-state index in [1.165, 1.54) is 0 Å². The number of thiophene rings is 1. The fourth-order valence-electron chi connectivity index (χ4n) is 2.03. The molecule has 1 heterocycles. The monoisotopic (exact) mass is 303 g/mol. The second-order valence-corrected chi connectivity index (χ2v) is 6.21. The first-order valence-electron chi connectivity index (χ1n) is 6.66. The number of aryl methyl sites for hydroxylation is 1. The van der Waals surface area contributed by atoms with Crippen LogP contribution in [-0.2, 0) is 22.4 Å². The van der Waals surface area contributed by atoms with Crippen LogP contribution in [0.25, 0.3) is 0 Å². The number of carbonyl (C=O) groups is 2. The third-order valence-corrected chi connectivity index (χ3v) is 4.05. The third-order valence-electron chi connectivity index (χ3n) is 3.05. The van der Waals surface area contributed by atoms with Gasteiger partial charge in [0.25, 0.3) is 0 Å². The first-order chi connectivity index (χ1) is 10.0. The molecule has 4 nitrogen and oxygen atoms in total. The summed E-state index contributed by atoms with van der Waals surface area (Å²) in [4.78, 5) is 25.3. The second-order valence-electron chi connectivity index (χ2n) is 4.84. The zero-order valence-electron chi connectivity index (χ0n) is 11.7. The van der Waals surface area contributed by atoms with Gasteiger partial charge in [-0.2, -0.15) is 0 Å².